The third-order valence-electron chi connectivity index (χ3n) is 5.69. The lowest BCUT2D eigenvalue weighted by Crippen LogP contribution is -2.22. The van der Waals surface area contributed by atoms with Crippen molar-refractivity contribution in [3.05, 3.63) is 23.8 Å². The summed E-state index contributed by atoms with van der Waals surface area (Å²) in [6.07, 6.45) is 4.48. The summed E-state index contributed by atoms with van der Waals surface area (Å²) in [5, 5.41) is 3.77. The van der Waals surface area contributed by atoms with Gasteiger partial charge in [0, 0.05) is 18.7 Å². The van der Waals surface area contributed by atoms with E-state index in [2.05, 4.69) is 17.4 Å². The first-order valence-electron chi connectivity index (χ1n) is 7.75. The first kappa shape index (κ1) is 12.5. The minimum Gasteiger partial charge on any atom is -0.497 e. The third kappa shape index (κ3) is 1.91. The molecule has 4 rings (SSSR count). The van der Waals surface area contributed by atoms with Crippen LogP contribution in [0.25, 0.3) is 0 Å². The van der Waals surface area contributed by atoms with Crippen molar-refractivity contribution in [2.45, 2.75) is 31.8 Å². The lowest BCUT2D eigenvalue weighted by atomic mass is 10.0. The molecule has 3 saturated carbocycles. The van der Waals surface area contributed by atoms with Gasteiger partial charge in [0.2, 0.25) is 0 Å². The summed E-state index contributed by atoms with van der Waals surface area (Å²) in [6, 6.07) is 6.90. The minimum absolute atomic E-state index is 0.776. The molecule has 20 heavy (non-hydrogen) atoms. The average molecular weight is 273 g/mol. The van der Waals surface area contributed by atoms with Crippen molar-refractivity contribution in [1.82, 2.24) is 5.32 Å². The molecule has 0 radical (unpaired) electrons. The van der Waals surface area contributed by atoms with Crippen LogP contribution in [0.3, 0.4) is 0 Å². The number of hydrogen-bond acceptors (Lipinski definition) is 3. The van der Waals surface area contributed by atoms with Gasteiger partial charge in [-0.15, -0.1) is 0 Å². The van der Waals surface area contributed by atoms with Crippen molar-refractivity contribution in [1.29, 1.82) is 0 Å². The van der Waals surface area contributed by atoms with Gasteiger partial charge in [0.25, 0.3) is 0 Å². The Bertz CT molecular complexity index is 477. The summed E-state index contributed by atoms with van der Waals surface area (Å²) in [6.45, 7) is 0.921. The number of methoxy groups -OCH3 is 2. The van der Waals surface area contributed by atoms with E-state index in [0.29, 0.717) is 0 Å². The highest BCUT2D eigenvalue weighted by Gasteiger charge is 2.64. The van der Waals surface area contributed by atoms with E-state index in [0.717, 1.165) is 47.8 Å². The Kier molecular flexibility index (Phi) is 2.92. The Morgan fingerprint density at radius 1 is 1.00 bits per heavy atom. The molecule has 1 aromatic carbocycles. The lowest BCUT2D eigenvalue weighted by molar-refractivity contribution is 0.392. The molecule has 3 aliphatic carbocycles. The number of ether oxygens (including phenoxy) is 2. The fourth-order valence-corrected chi connectivity index (χ4v) is 4.80. The van der Waals surface area contributed by atoms with Crippen LogP contribution in [0.15, 0.2) is 18.2 Å². The van der Waals surface area contributed by atoms with Crippen LogP contribution in [-0.2, 0) is 6.54 Å². The summed E-state index contributed by atoms with van der Waals surface area (Å²) in [5.74, 6) is 5.78. The molecule has 108 valence electrons. The summed E-state index contributed by atoms with van der Waals surface area (Å²) in [4.78, 5) is 0. The predicted molar refractivity (Wildman–Crippen MR) is 78.0 cm³/mol. The Labute approximate surface area is 120 Å². The van der Waals surface area contributed by atoms with Gasteiger partial charge in [-0.2, -0.15) is 0 Å². The topological polar surface area (TPSA) is 30.5 Å². The fourth-order valence-electron chi connectivity index (χ4n) is 4.80. The molecule has 3 heteroatoms. The molecule has 0 heterocycles. The Hall–Kier alpha value is -1.22. The van der Waals surface area contributed by atoms with E-state index in [9.17, 15) is 0 Å². The molecular formula is C17H23NO2. The van der Waals surface area contributed by atoms with Gasteiger partial charge in [0.15, 0.2) is 0 Å². The normalized spacial score (nSPS) is 36.8. The molecular weight excluding hydrogens is 250 g/mol. The number of rotatable bonds is 5. The van der Waals surface area contributed by atoms with Gasteiger partial charge in [-0.25, -0.2) is 0 Å². The van der Waals surface area contributed by atoms with E-state index < -0.39 is 0 Å². The number of benzene rings is 1. The second-order valence-electron chi connectivity index (χ2n) is 6.62. The molecule has 3 nitrogen and oxygen atoms in total. The largest absolute Gasteiger partial charge is 0.497 e. The zero-order chi connectivity index (χ0) is 13.7. The van der Waals surface area contributed by atoms with Crippen LogP contribution in [0.2, 0.25) is 0 Å². The molecule has 3 fully saturated rings. The minimum atomic E-state index is 0.776. The molecule has 1 N–H and O–H groups in total. The van der Waals surface area contributed by atoms with Crippen molar-refractivity contribution in [2.24, 2.45) is 23.7 Å². The molecule has 2 bridgehead atoms. The van der Waals surface area contributed by atoms with Crippen LogP contribution in [0.1, 0.15) is 24.8 Å². The Balaban J connectivity index is 1.40. The number of hydrogen-bond donors (Lipinski definition) is 1. The van der Waals surface area contributed by atoms with Crippen molar-refractivity contribution in [3.63, 3.8) is 0 Å². The zero-order valence-electron chi connectivity index (χ0n) is 12.3. The van der Waals surface area contributed by atoms with Gasteiger partial charge in [-0.3, -0.25) is 0 Å². The van der Waals surface area contributed by atoms with E-state index >= 15 is 0 Å². The summed E-state index contributed by atoms with van der Waals surface area (Å²) in [7, 11) is 3.41. The molecule has 0 spiro atoms. The quantitative estimate of drug-likeness (QED) is 0.895. The molecule has 4 unspecified atom stereocenters. The van der Waals surface area contributed by atoms with Crippen LogP contribution in [0.4, 0.5) is 0 Å². The maximum absolute atomic E-state index is 5.33. The van der Waals surface area contributed by atoms with Crippen molar-refractivity contribution in [2.75, 3.05) is 14.2 Å². The summed E-state index contributed by atoms with van der Waals surface area (Å²) in [5.41, 5.74) is 1.25. The Morgan fingerprint density at radius 2 is 1.60 bits per heavy atom. The summed E-state index contributed by atoms with van der Waals surface area (Å²) >= 11 is 0. The molecule has 1 aromatic rings. The monoisotopic (exact) mass is 273 g/mol. The first-order chi connectivity index (χ1) is 9.80. The van der Waals surface area contributed by atoms with Gasteiger partial charge in [0.1, 0.15) is 11.5 Å². The van der Waals surface area contributed by atoms with Gasteiger partial charge >= 0.3 is 0 Å². The SMILES string of the molecule is COc1cc(CNC2C3C4CCC(C4)C23)cc(OC)c1. The van der Waals surface area contributed by atoms with Crippen LogP contribution in [0.5, 0.6) is 11.5 Å². The van der Waals surface area contributed by atoms with E-state index in [-0.39, 0.29) is 0 Å². The number of nitrogens with one attached hydrogen (secondary N) is 1. The van der Waals surface area contributed by atoms with Crippen molar-refractivity contribution >= 4 is 0 Å². The molecule has 3 aliphatic rings. The lowest BCUT2D eigenvalue weighted by Gasteiger charge is -2.12. The predicted octanol–water partition coefficient (Wildman–Crippen LogP) is 2.84. The standard InChI is InChI=1S/C17H23NO2/c1-19-13-5-10(6-14(8-13)20-2)9-18-17-15-11-3-4-12(7-11)16(15)17/h5-6,8,11-12,15-18H,3-4,7,9H2,1-2H3. The van der Waals surface area contributed by atoms with E-state index in [1.807, 2.05) is 6.07 Å². The maximum Gasteiger partial charge on any atom is 0.122 e. The van der Waals surface area contributed by atoms with Crippen LogP contribution in [0, 0.1) is 23.7 Å². The summed E-state index contributed by atoms with van der Waals surface area (Å²) < 4.78 is 10.7. The maximum atomic E-state index is 5.33. The van der Waals surface area contributed by atoms with Crippen LogP contribution in [-0.4, -0.2) is 20.3 Å². The van der Waals surface area contributed by atoms with Crippen molar-refractivity contribution < 1.29 is 9.47 Å². The smallest absolute Gasteiger partial charge is 0.122 e. The van der Waals surface area contributed by atoms with Gasteiger partial charge in [-0.1, -0.05) is 0 Å². The second kappa shape index (κ2) is 4.66. The third-order valence-corrected chi connectivity index (χ3v) is 5.69. The highest BCUT2D eigenvalue weighted by molar-refractivity contribution is 5.38. The van der Waals surface area contributed by atoms with E-state index in [4.69, 9.17) is 9.47 Å². The highest BCUT2D eigenvalue weighted by atomic mass is 16.5. The molecule has 0 amide bonds. The zero-order valence-corrected chi connectivity index (χ0v) is 12.3. The van der Waals surface area contributed by atoms with E-state index in [1.165, 1.54) is 24.8 Å². The van der Waals surface area contributed by atoms with Crippen LogP contribution < -0.4 is 14.8 Å². The van der Waals surface area contributed by atoms with Gasteiger partial charge < -0.3 is 14.8 Å². The number of fused-ring (bicyclic) bond motifs is 5. The van der Waals surface area contributed by atoms with Gasteiger partial charge in [-0.05, 0) is 60.6 Å². The van der Waals surface area contributed by atoms with Gasteiger partial charge in [0.05, 0.1) is 14.2 Å². The van der Waals surface area contributed by atoms with E-state index in [1.54, 1.807) is 14.2 Å². The fraction of sp³-hybridized carbons (Fsp3) is 0.647. The molecule has 0 saturated heterocycles. The second-order valence-corrected chi connectivity index (χ2v) is 6.62. The molecule has 0 aliphatic heterocycles. The molecule has 4 atom stereocenters. The highest BCUT2D eigenvalue weighted by Crippen LogP contribution is 2.65. The van der Waals surface area contributed by atoms with Crippen LogP contribution >= 0.6 is 0 Å². The Morgan fingerprint density at radius 3 is 2.15 bits per heavy atom. The average Bonchev–Trinajstić information content (AvgIpc) is 2.87. The molecule has 0 aromatic heterocycles. The van der Waals surface area contributed by atoms with Crippen molar-refractivity contribution in [3.8, 4) is 11.5 Å². The first-order valence-corrected chi connectivity index (χ1v) is 7.75.